The van der Waals surface area contributed by atoms with Crippen molar-refractivity contribution in [3.05, 3.63) is 41.3 Å². The lowest BCUT2D eigenvalue weighted by Crippen LogP contribution is -1.95. The lowest BCUT2D eigenvalue weighted by atomic mass is 10.1. The van der Waals surface area contributed by atoms with E-state index < -0.39 is 0 Å². The van der Waals surface area contributed by atoms with E-state index in [1.165, 1.54) is 5.56 Å². The number of hydrogen-bond donors (Lipinski definition) is 0. The fraction of sp³-hybridized carbons (Fsp3) is 0.214. The molecule has 4 heteroatoms. The summed E-state index contributed by atoms with van der Waals surface area (Å²) in [7, 11) is 0. The van der Waals surface area contributed by atoms with Crippen LogP contribution in [0.5, 0.6) is 5.75 Å². The van der Waals surface area contributed by atoms with Crippen LogP contribution in [-0.4, -0.2) is 16.6 Å². The highest BCUT2D eigenvalue weighted by atomic mass is 16.5. The third-order valence-corrected chi connectivity index (χ3v) is 2.94. The molecule has 0 spiro atoms. The van der Waals surface area contributed by atoms with Crippen molar-refractivity contribution < 1.29 is 4.74 Å². The quantitative estimate of drug-likeness (QED) is 0.763. The van der Waals surface area contributed by atoms with Crippen molar-refractivity contribution in [2.24, 2.45) is 0 Å². The van der Waals surface area contributed by atoms with Crippen molar-refractivity contribution in [1.82, 2.24) is 9.97 Å². The highest BCUT2D eigenvalue weighted by molar-refractivity contribution is 5.63. The normalized spacial score (nSPS) is 12.7. The van der Waals surface area contributed by atoms with Gasteiger partial charge in [-0.3, -0.25) is 0 Å². The molecule has 0 saturated heterocycles. The zero-order valence-corrected chi connectivity index (χ0v) is 9.97. The molecule has 0 fully saturated rings. The van der Waals surface area contributed by atoms with E-state index in [9.17, 15) is 0 Å². The lowest BCUT2D eigenvalue weighted by molar-refractivity contribution is 0.357. The maximum absolute atomic E-state index is 8.89. The van der Waals surface area contributed by atoms with Gasteiger partial charge in [-0.15, -0.1) is 0 Å². The number of aromatic nitrogens is 2. The molecule has 0 aliphatic carbocycles. The molecule has 0 atom stereocenters. The number of ether oxygens (including phenoxy) is 1. The summed E-state index contributed by atoms with van der Waals surface area (Å²) >= 11 is 0. The Balaban J connectivity index is 2.10. The van der Waals surface area contributed by atoms with E-state index >= 15 is 0 Å². The van der Waals surface area contributed by atoms with Gasteiger partial charge in [-0.05, 0) is 36.8 Å². The Bertz CT molecular complexity index is 659. The molecule has 4 nitrogen and oxygen atoms in total. The molecular weight excluding hydrogens is 226 g/mol. The Morgan fingerprint density at radius 3 is 3.00 bits per heavy atom. The smallest absolute Gasteiger partial charge is 0.232 e. The van der Waals surface area contributed by atoms with Gasteiger partial charge in [0.1, 0.15) is 11.8 Å². The van der Waals surface area contributed by atoms with Crippen molar-refractivity contribution in [2.45, 2.75) is 13.3 Å². The van der Waals surface area contributed by atoms with Crippen molar-refractivity contribution >= 4 is 0 Å². The summed E-state index contributed by atoms with van der Waals surface area (Å²) in [6, 6.07) is 9.87. The van der Waals surface area contributed by atoms with Crippen LogP contribution in [0.15, 0.2) is 24.3 Å². The van der Waals surface area contributed by atoms with E-state index in [2.05, 4.69) is 16.0 Å². The fourth-order valence-electron chi connectivity index (χ4n) is 2.11. The van der Waals surface area contributed by atoms with Crippen LogP contribution >= 0.6 is 0 Å². The molecule has 2 aromatic rings. The van der Waals surface area contributed by atoms with Crippen LogP contribution in [0.3, 0.4) is 0 Å². The summed E-state index contributed by atoms with van der Waals surface area (Å²) in [5.74, 6) is 1.16. The minimum atomic E-state index is 0.210. The molecule has 1 aliphatic heterocycles. The predicted octanol–water partition coefficient (Wildman–Crippen LogP) is 2.26. The van der Waals surface area contributed by atoms with Gasteiger partial charge in [-0.25, -0.2) is 9.97 Å². The van der Waals surface area contributed by atoms with Gasteiger partial charge < -0.3 is 4.74 Å². The predicted molar refractivity (Wildman–Crippen MR) is 66.1 cm³/mol. The van der Waals surface area contributed by atoms with Crippen LogP contribution in [0.2, 0.25) is 0 Å². The van der Waals surface area contributed by atoms with Gasteiger partial charge >= 0.3 is 0 Å². The first-order valence-electron chi connectivity index (χ1n) is 5.78. The third-order valence-electron chi connectivity index (χ3n) is 2.94. The van der Waals surface area contributed by atoms with Crippen LogP contribution in [-0.2, 0) is 6.42 Å². The van der Waals surface area contributed by atoms with E-state index in [1.54, 1.807) is 0 Å². The van der Waals surface area contributed by atoms with Gasteiger partial charge in [0.25, 0.3) is 0 Å². The highest BCUT2D eigenvalue weighted by Gasteiger charge is 2.13. The summed E-state index contributed by atoms with van der Waals surface area (Å²) in [6.45, 7) is 2.60. The van der Waals surface area contributed by atoms with E-state index in [0.717, 1.165) is 35.7 Å². The van der Waals surface area contributed by atoms with E-state index in [0.29, 0.717) is 0 Å². The van der Waals surface area contributed by atoms with Crippen molar-refractivity contribution in [1.29, 1.82) is 5.26 Å². The second-order valence-electron chi connectivity index (χ2n) is 4.25. The molecule has 88 valence electrons. The van der Waals surface area contributed by atoms with Crippen LogP contribution < -0.4 is 4.74 Å². The maximum atomic E-state index is 8.89. The molecule has 0 saturated carbocycles. The molecule has 18 heavy (non-hydrogen) atoms. The van der Waals surface area contributed by atoms with Crippen LogP contribution in [0, 0.1) is 18.3 Å². The summed E-state index contributed by atoms with van der Waals surface area (Å²) in [5.41, 5.74) is 3.78. The van der Waals surface area contributed by atoms with Gasteiger partial charge in [-0.2, -0.15) is 5.26 Å². The average Bonchev–Trinajstić information content (AvgIpc) is 2.85. The minimum absolute atomic E-state index is 0.210. The Kier molecular flexibility index (Phi) is 2.45. The zero-order valence-electron chi connectivity index (χ0n) is 9.97. The van der Waals surface area contributed by atoms with E-state index in [-0.39, 0.29) is 5.82 Å². The van der Waals surface area contributed by atoms with Crippen molar-refractivity contribution in [2.75, 3.05) is 6.61 Å². The first-order valence-corrected chi connectivity index (χ1v) is 5.78. The van der Waals surface area contributed by atoms with Crippen LogP contribution in [0.4, 0.5) is 0 Å². The van der Waals surface area contributed by atoms with Crippen molar-refractivity contribution in [3.8, 4) is 23.1 Å². The number of fused-ring (bicyclic) bond motifs is 1. The third kappa shape index (κ3) is 1.80. The van der Waals surface area contributed by atoms with E-state index in [1.807, 2.05) is 31.2 Å². The van der Waals surface area contributed by atoms with Crippen molar-refractivity contribution in [3.63, 3.8) is 0 Å². The Morgan fingerprint density at radius 1 is 1.28 bits per heavy atom. The molecular formula is C14H11N3O. The second-order valence-corrected chi connectivity index (χ2v) is 4.25. The van der Waals surface area contributed by atoms with Gasteiger partial charge in [-0.1, -0.05) is 0 Å². The molecule has 1 aromatic carbocycles. The van der Waals surface area contributed by atoms with E-state index in [4.69, 9.17) is 10.00 Å². The number of hydrogen-bond acceptors (Lipinski definition) is 4. The molecule has 1 aromatic heterocycles. The SMILES string of the molecule is Cc1cc(-c2ccc3c(c2)CCO3)nc(C#N)n1. The molecule has 0 amide bonds. The molecule has 1 aliphatic rings. The molecule has 0 radical (unpaired) electrons. The summed E-state index contributed by atoms with van der Waals surface area (Å²) < 4.78 is 5.47. The van der Waals surface area contributed by atoms with Crippen LogP contribution in [0.1, 0.15) is 17.1 Å². The maximum Gasteiger partial charge on any atom is 0.232 e. The number of aryl methyl sites for hydroxylation is 1. The Hall–Kier alpha value is -2.41. The highest BCUT2D eigenvalue weighted by Crippen LogP contribution is 2.29. The Labute approximate surface area is 105 Å². The van der Waals surface area contributed by atoms with Gasteiger partial charge in [0.05, 0.1) is 12.3 Å². The van der Waals surface area contributed by atoms with Gasteiger partial charge in [0.15, 0.2) is 0 Å². The molecule has 0 N–H and O–H groups in total. The van der Waals surface area contributed by atoms with Gasteiger partial charge in [0.2, 0.25) is 5.82 Å². The number of rotatable bonds is 1. The second kappa shape index (κ2) is 4.11. The minimum Gasteiger partial charge on any atom is -0.493 e. The molecule has 3 rings (SSSR count). The summed E-state index contributed by atoms with van der Waals surface area (Å²) in [4.78, 5) is 8.29. The van der Waals surface area contributed by atoms with Gasteiger partial charge in [0, 0.05) is 17.7 Å². The topological polar surface area (TPSA) is 58.8 Å². The summed E-state index contributed by atoms with van der Waals surface area (Å²) in [5, 5.41) is 8.89. The number of nitriles is 1. The monoisotopic (exact) mass is 237 g/mol. The Morgan fingerprint density at radius 2 is 2.17 bits per heavy atom. The number of nitrogens with zero attached hydrogens (tertiary/aromatic N) is 3. The number of benzene rings is 1. The lowest BCUT2D eigenvalue weighted by Gasteiger charge is -2.05. The summed E-state index contributed by atoms with van der Waals surface area (Å²) in [6.07, 6.45) is 0.929. The first-order chi connectivity index (χ1) is 8.76. The first kappa shape index (κ1) is 10.7. The molecule has 0 bridgehead atoms. The van der Waals surface area contributed by atoms with Crippen LogP contribution in [0.25, 0.3) is 11.3 Å². The zero-order chi connectivity index (χ0) is 12.5. The molecule has 2 heterocycles. The molecule has 0 unspecified atom stereocenters. The average molecular weight is 237 g/mol. The fourth-order valence-corrected chi connectivity index (χ4v) is 2.11. The standard InChI is InChI=1S/C14H11N3O/c1-9-6-12(17-14(8-15)16-9)10-2-3-13-11(7-10)4-5-18-13/h2-3,6-7H,4-5H2,1H3. The largest absolute Gasteiger partial charge is 0.493 e.